The molecule has 0 bridgehead atoms. The summed E-state index contributed by atoms with van der Waals surface area (Å²) in [5, 5.41) is 12.9. The van der Waals surface area contributed by atoms with Crippen LogP contribution in [0.15, 0.2) is 30.6 Å². The number of benzene rings is 1. The van der Waals surface area contributed by atoms with E-state index in [-0.39, 0.29) is 12.6 Å². The van der Waals surface area contributed by atoms with Gasteiger partial charge < -0.3 is 10.4 Å². The third-order valence-electron chi connectivity index (χ3n) is 4.16. The molecular formula is C16H22N4O. The topological polar surface area (TPSA) is 61.3 Å². The summed E-state index contributed by atoms with van der Waals surface area (Å²) < 4.78 is 0. The summed E-state index contributed by atoms with van der Waals surface area (Å²) in [5.74, 6) is 0. The van der Waals surface area contributed by atoms with E-state index in [1.807, 2.05) is 6.07 Å². The lowest BCUT2D eigenvalue weighted by molar-refractivity contribution is 0.0852. The van der Waals surface area contributed by atoms with Crippen LogP contribution in [0.25, 0.3) is 11.0 Å². The average Bonchev–Trinajstić information content (AvgIpc) is 2.53. The molecule has 1 aliphatic heterocycles. The van der Waals surface area contributed by atoms with Crippen LogP contribution >= 0.6 is 0 Å². The van der Waals surface area contributed by atoms with Crippen molar-refractivity contribution >= 4 is 11.0 Å². The predicted octanol–water partition coefficient (Wildman–Crippen LogP) is 0.827. The van der Waals surface area contributed by atoms with Crippen LogP contribution < -0.4 is 5.32 Å². The quantitative estimate of drug-likeness (QED) is 0.871. The van der Waals surface area contributed by atoms with Gasteiger partial charge in [-0.1, -0.05) is 6.07 Å². The van der Waals surface area contributed by atoms with Gasteiger partial charge in [-0.05, 0) is 31.0 Å². The van der Waals surface area contributed by atoms with E-state index in [0.29, 0.717) is 6.04 Å². The lowest BCUT2D eigenvalue weighted by atomic mass is 10.1. The van der Waals surface area contributed by atoms with Gasteiger partial charge in [-0.2, -0.15) is 0 Å². The number of hydrogen-bond acceptors (Lipinski definition) is 5. The molecule has 112 valence electrons. The highest BCUT2D eigenvalue weighted by atomic mass is 16.3. The van der Waals surface area contributed by atoms with Crippen LogP contribution in [0.2, 0.25) is 0 Å². The number of fused-ring (bicyclic) bond motifs is 1. The smallest absolute Gasteiger partial charge is 0.0889 e. The molecule has 3 rings (SSSR count). The highest BCUT2D eigenvalue weighted by Crippen LogP contribution is 2.13. The highest BCUT2D eigenvalue weighted by molar-refractivity contribution is 5.74. The molecule has 0 saturated carbocycles. The van der Waals surface area contributed by atoms with Crippen molar-refractivity contribution in [3.63, 3.8) is 0 Å². The first-order valence-corrected chi connectivity index (χ1v) is 7.54. The van der Waals surface area contributed by atoms with Gasteiger partial charge >= 0.3 is 0 Å². The third kappa shape index (κ3) is 3.37. The van der Waals surface area contributed by atoms with Gasteiger partial charge in [0.1, 0.15) is 0 Å². The summed E-state index contributed by atoms with van der Waals surface area (Å²) in [6, 6.07) is 6.97. The molecule has 21 heavy (non-hydrogen) atoms. The number of rotatable bonds is 4. The Morgan fingerprint density at radius 1 is 1.29 bits per heavy atom. The zero-order valence-electron chi connectivity index (χ0n) is 12.4. The standard InChI is InChI=1S/C16H22N4O/c1-12-10-20(14(11-21)9-19-12)7-4-13-2-3-15-16(8-13)18-6-5-17-15/h2-3,5-6,8,12,14,19,21H,4,7,9-11H2,1H3/t12-,14-/m0/s1. The van der Waals surface area contributed by atoms with E-state index in [2.05, 4.69) is 39.2 Å². The fraction of sp³-hybridized carbons (Fsp3) is 0.500. The Morgan fingerprint density at radius 3 is 2.90 bits per heavy atom. The van der Waals surface area contributed by atoms with Crippen LogP contribution in [0.1, 0.15) is 12.5 Å². The van der Waals surface area contributed by atoms with Gasteiger partial charge in [-0.15, -0.1) is 0 Å². The Balaban J connectivity index is 1.67. The fourth-order valence-corrected chi connectivity index (χ4v) is 2.92. The van der Waals surface area contributed by atoms with Crippen LogP contribution in [-0.2, 0) is 6.42 Å². The minimum atomic E-state index is 0.211. The van der Waals surface area contributed by atoms with E-state index in [4.69, 9.17) is 0 Å². The lowest BCUT2D eigenvalue weighted by Gasteiger charge is -2.38. The second kappa shape index (κ2) is 6.47. The number of aromatic nitrogens is 2. The van der Waals surface area contributed by atoms with E-state index in [9.17, 15) is 5.11 Å². The Bertz CT molecular complexity index is 604. The Morgan fingerprint density at radius 2 is 2.10 bits per heavy atom. The first-order valence-electron chi connectivity index (χ1n) is 7.54. The number of hydrogen-bond donors (Lipinski definition) is 2. The van der Waals surface area contributed by atoms with Crippen molar-refractivity contribution in [1.29, 1.82) is 0 Å². The molecule has 1 aromatic carbocycles. The van der Waals surface area contributed by atoms with E-state index in [1.165, 1.54) is 5.56 Å². The molecule has 2 N–H and O–H groups in total. The number of aliphatic hydroxyl groups excluding tert-OH is 1. The van der Waals surface area contributed by atoms with Crippen LogP contribution in [0.3, 0.4) is 0 Å². The maximum atomic E-state index is 9.49. The molecule has 2 atom stereocenters. The summed E-state index contributed by atoms with van der Waals surface area (Å²) in [6.07, 6.45) is 4.41. The van der Waals surface area contributed by atoms with Gasteiger partial charge in [0.25, 0.3) is 0 Å². The highest BCUT2D eigenvalue weighted by Gasteiger charge is 2.24. The Kier molecular flexibility index (Phi) is 4.43. The van der Waals surface area contributed by atoms with Gasteiger partial charge in [-0.25, -0.2) is 0 Å². The molecule has 5 nitrogen and oxygen atoms in total. The van der Waals surface area contributed by atoms with Crippen molar-refractivity contribution in [2.45, 2.75) is 25.4 Å². The summed E-state index contributed by atoms with van der Waals surface area (Å²) >= 11 is 0. The maximum absolute atomic E-state index is 9.49. The van der Waals surface area contributed by atoms with E-state index in [0.717, 1.165) is 37.1 Å². The summed E-state index contributed by atoms with van der Waals surface area (Å²) in [6.45, 7) is 5.21. The van der Waals surface area contributed by atoms with Crippen molar-refractivity contribution in [2.75, 3.05) is 26.2 Å². The normalized spacial score (nSPS) is 23.5. The summed E-state index contributed by atoms with van der Waals surface area (Å²) in [4.78, 5) is 11.0. The van der Waals surface area contributed by atoms with Crippen LogP contribution in [0.4, 0.5) is 0 Å². The SMILES string of the molecule is C[C@H]1CN(CCc2ccc3nccnc3c2)[C@H](CO)CN1. The monoisotopic (exact) mass is 286 g/mol. The number of aliphatic hydroxyl groups is 1. The molecule has 0 aliphatic carbocycles. The number of nitrogens with zero attached hydrogens (tertiary/aromatic N) is 3. The molecule has 1 fully saturated rings. The minimum absolute atomic E-state index is 0.211. The van der Waals surface area contributed by atoms with Crippen LogP contribution in [-0.4, -0.2) is 58.3 Å². The van der Waals surface area contributed by atoms with Crippen LogP contribution in [0, 0.1) is 0 Å². The van der Waals surface area contributed by atoms with Gasteiger partial charge in [0.15, 0.2) is 0 Å². The maximum Gasteiger partial charge on any atom is 0.0889 e. The summed E-state index contributed by atoms with van der Waals surface area (Å²) in [7, 11) is 0. The molecule has 1 saturated heterocycles. The first kappa shape index (κ1) is 14.4. The fourth-order valence-electron chi connectivity index (χ4n) is 2.92. The molecule has 0 spiro atoms. The number of nitrogens with one attached hydrogen (secondary N) is 1. The Labute approximate surface area is 125 Å². The van der Waals surface area contributed by atoms with Gasteiger partial charge in [0.2, 0.25) is 0 Å². The molecule has 2 heterocycles. The predicted molar refractivity (Wildman–Crippen MR) is 83.2 cm³/mol. The largest absolute Gasteiger partial charge is 0.395 e. The molecule has 1 aromatic heterocycles. The van der Waals surface area contributed by atoms with E-state index >= 15 is 0 Å². The van der Waals surface area contributed by atoms with Crippen molar-refractivity contribution in [3.05, 3.63) is 36.2 Å². The number of piperazine rings is 1. The van der Waals surface area contributed by atoms with E-state index < -0.39 is 0 Å². The van der Waals surface area contributed by atoms with E-state index in [1.54, 1.807) is 12.4 Å². The van der Waals surface area contributed by atoms with Gasteiger partial charge in [0.05, 0.1) is 17.6 Å². The molecule has 0 unspecified atom stereocenters. The third-order valence-corrected chi connectivity index (χ3v) is 4.16. The van der Waals surface area contributed by atoms with Crippen molar-refractivity contribution in [2.24, 2.45) is 0 Å². The minimum Gasteiger partial charge on any atom is -0.395 e. The van der Waals surface area contributed by atoms with Crippen molar-refractivity contribution < 1.29 is 5.11 Å². The molecule has 5 heteroatoms. The van der Waals surface area contributed by atoms with Gasteiger partial charge in [-0.3, -0.25) is 14.9 Å². The zero-order valence-corrected chi connectivity index (χ0v) is 12.4. The summed E-state index contributed by atoms with van der Waals surface area (Å²) in [5.41, 5.74) is 3.15. The zero-order chi connectivity index (χ0) is 14.7. The van der Waals surface area contributed by atoms with Crippen molar-refractivity contribution in [1.82, 2.24) is 20.2 Å². The molecule has 2 aromatic rings. The van der Waals surface area contributed by atoms with Crippen LogP contribution in [0.5, 0.6) is 0 Å². The second-order valence-electron chi connectivity index (χ2n) is 5.77. The average molecular weight is 286 g/mol. The lowest BCUT2D eigenvalue weighted by Crippen LogP contribution is -2.57. The Hall–Kier alpha value is -1.56. The first-order chi connectivity index (χ1) is 10.3. The molecule has 0 amide bonds. The van der Waals surface area contributed by atoms with Crippen molar-refractivity contribution in [3.8, 4) is 0 Å². The molecule has 0 radical (unpaired) electrons. The second-order valence-corrected chi connectivity index (χ2v) is 5.77. The molecular weight excluding hydrogens is 264 g/mol. The molecule has 1 aliphatic rings. The van der Waals surface area contributed by atoms with Gasteiger partial charge in [0, 0.05) is 44.1 Å².